The van der Waals surface area contributed by atoms with Crippen molar-refractivity contribution in [3.8, 4) is 0 Å². The van der Waals surface area contributed by atoms with Crippen molar-refractivity contribution in [2.45, 2.75) is 38.9 Å². The quantitative estimate of drug-likeness (QED) is 0.830. The van der Waals surface area contributed by atoms with E-state index in [1.165, 1.54) is 0 Å². The smallest absolute Gasteiger partial charge is 0.125 e. The fourth-order valence-electron chi connectivity index (χ4n) is 2.58. The molecule has 0 spiro atoms. The Morgan fingerprint density at radius 2 is 1.62 bits per heavy atom. The highest BCUT2D eigenvalue weighted by molar-refractivity contribution is 5.31. The molecule has 88 valence electrons. The van der Waals surface area contributed by atoms with Crippen molar-refractivity contribution in [3.63, 3.8) is 0 Å². The molecule has 1 aliphatic rings. The van der Waals surface area contributed by atoms with Crippen LogP contribution >= 0.6 is 0 Å². The van der Waals surface area contributed by atoms with Crippen LogP contribution in [0.3, 0.4) is 0 Å². The van der Waals surface area contributed by atoms with Crippen LogP contribution in [0.25, 0.3) is 0 Å². The monoisotopic (exact) mass is 220 g/mol. The largest absolute Gasteiger partial charge is 0.393 e. The van der Waals surface area contributed by atoms with Crippen molar-refractivity contribution in [1.82, 2.24) is 0 Å². The minimum atomic E-state index is -0.558. The van der Waals surface area contributed by atoms with Crippen LogP contribution in [-0.4, -0.2) is 17.3 Å². The van der Waals surface area contributed by atoms with Gasteiger partial charge in [-0.1, -0.05) is 44.2 Å². The molecule has 1 saturated heterocycles. The fourth-order valence-corrected chi connectivity index (χ4v) is 2.58. The molecule has 2 rings (SSSR count). The first-order valence-corrected chi connectivity index (χ1v) is 5.74. The third-order valence-electron chi connectivity index (χ3n) is 4.41. The third kappa shape index (κ3) is 1.20. The van der Waals surface area contributed by atoms with E-state index in [1.54, 1.807) is 0 Å². The molecule has 2 nitrogen and oxygen atoms in total. The topological polar surface area (TPSA) is 29.5 Å². The zero-order valence-electron chi connectivity index (χ0n) is 10.4. The maximum absolute atomic E-state index is 9.73. The van der Waals surface area contributed by atoms with Crippen LogP contribution in [0.1, 0.15) is 33.3 Å². The summed E-state index contributed by atoms with van der Waals surface area (Å²) in [6, 6.07) is 9.99. The number of aliphatic hydroxyl groups is 1. The lowest BCUT2D eigenvalue weighted by Crippen LogP contribution is -2.71. The van der Waals surface area contributed by atoms with Gasteiger partial charge in [-0.2, -0.15) is 0 Å². The molecule has 0 bridgehead atoms. The maximum Gasteiger partial charge on any atom is 0.125 e. The minimum absolute atomic E-state index is 0.0213. The van der Waals surface area contributed by atoms with Crippen molar-refractivity contribution < 1.29 is 9.84 Å². The van der Waals surface area contributed by atoms with Gasteiger partial charge in [-0.05, 0) is 19.4 Å². The standard InChI is InChI=1S/C14H20O2/c1-12(2)13(3,4)16-14(12,10-15)11-8-6-5-7-9-11/h5-9,15H,10H2,1-4H3. The molecule has 2 heteroatoms. The number of aliphatic hydroxyl groups excluding tert-OH is 1. The summed E-state index contributed by atoms with van der Waals surface area (Å²) in [7, 11) is 0. The Balaban J connectivity index is 2.46. The van der Waals surface area contributed by atoms with Crippen LogP contribution in [0.2, 0.25) is 0 Å². The molecule has 0 saturated carbocycles. The Morgan fingerprint density at radius 1 is 1.06 bits per heavy atom. The van der Waals surface area contributed by atoms with E-state index in [2.05, 4.69) is 27.7 Å². The van der Waals surface area contributed by atoms with Gasteiger partial charge in [0.2, 0.25) is 0 Å². The lowest BCUT2D eigenvalue weighted by Gasteiger charge is -2.66. The van der Waals surface area contributed by atoms with Gasteiger partial charge in [-0.3, -0.25) is 0 Å². The number of hydrogen-bond acceptors (Lipinski definition) is 2. The average molecular weight is 220 g/mol. The normalized spacial score (nSPS) is 30.8. The van der Waals surface area contributed by atoms with Crippen molar-refractivity contribution in [1.29, 1.82) is 0 Å². The van der Waals surface area contributed by atoms with Crippen molar-refractivity contribution >= 4 is 0 Å². The molecule has 0 radical (unpaired) electrons. The highest BCUT2D eigenvalue weighted by Crippen LogP contribution is 2.61. The second-order valence-electron chi connectivity index (χ2n) is 5.59. The average Bonchev–Trinajstić information content (AvgIpc) is 2.26. The molecule has 1 fully saturated rings. The summed E-state index contributed by atoms with van der Waals surface area (Å²) < 4.78 is 6.01. The summed E-state index contributed by atoms with van der Waals surface area (Å²) >= 11 is 0. The molecule has 1 atom stereocenters. The number of hydrogen-bond donors (Lipinski definition) is 1. The summed E-state index contributed by atoms with van der Waals surface area (Å²) in [4.78, 5) is 0. The molecule has 0 aromatic heterocycles. The number of ether oxygens (including phenoxy) is 1. The van der Waals surface area contributed by atoms with Gasteiger partial charge in [0.05, 0.1) is 12.2 Å². The predicted octanol–water partition coefficient (Wildman–Crippen LogP) is 2.71. The molecular formula is C14H20O2. The van der Waals surface area contributed by atoms with Gasteiger partial charge in [0, 0.05) is 5.41 Å². The maximum atomic E-state index is 9.73. The molecule has 1 N–H and O–H groups in total. The lowest BCUT2D eigenvalue weighted by atomic mass is 9.57. The second kappa shape index (κ2) is 3.31. The van der Waals surface area contributed by atoms with Gasteiger partial charge in [0.1, 0.15) is 5.60 Å². The summed E-state index contributed by atoms with van der Waals surface area (Å²) in [6.07, 6.45) is 0. The molecule has 1 aliphatic heterocycles. The summed E-state index contributed by atoms with van der Waals surface area (Å²) in [6.45, 7) is 8.47. The predicted molar refractivity (Wildman–Crippen MR) is 64.2 cm³/mol. The Hall–Kier alpha value is -0.860. The van der Waals surface area contributed by atoms with E-state index in [-0.39, 0.29) is 17.6 Å². The van der Waals surface area contributed by atoms with Gasteiger partial charge in [0.15, 0.2) is 0 Å². The SMILES string of the molecule is CC1(C)OC(CO)(c2ccccc2)C1(C)C. The zero-order chi connectivity index (χ0) is 12.0. The Bertz CT molecular complexity index is 381. The molecule has 0 amide bonds. The van der Waals surface area contributed by atoms with Crippen LogP contribution in [0.15, 0.2) is 30.3 Å². The van der Waals surface area contributed by atoms with E-state index in [0.29, 0.717) is 0 Å². The van der Waals surface area contributed by atoms with Crippen LogP contribution in [0.5, 0.6) is 0 Å². The minimum Gasteiger partial charge on any atom is -0.393 e. The second-order valence-corrected chi connectivity index (χ2v) is 5.59. The molecule has 1 heterocycles. The van der Waals surface area contributed by atoms with Crippen molar-refractivity contribution in [3.05, 3.63) is 35.9 Å². The highest BCUT2D eigenvalue weighted by Gasteiger charge is 2.66. The van der Waals surface area contributed by atoms with E-state index < -0.39 is 5.60 Å². The molecule has 1 aromatic carbocycles. The molecule has 1 unspecified atom stereocenters. The Kier molecular flexibility index (Phi) is 2.41. The highest BCUT2D eigenvalue weighted by atomic mass is 16.6. The van der Waals surface area contributed by atoms with E-state index in [0.717, 1.165) is 5.56 Å². The summed E-state index contributed by atoms with van der Waals surface area (Å²) in [5.41, 5.74) is 0.209. The van der Waals surface area contributed by atoms with Gasteiger partial charge in [-0.15, -0.1) is 0 Å². The summed E-state index contributed by atoms with van der Waals surface area (Å²) in [5.74, 6) is 0. The number of rotatable bonds is 2. The van der Waals surface area contributed by atoms with Gasteiger partial charge in [-0.25, -0.2) is 0 Å². The van der Waals surface area contributed by atoms with Crippen LogP contribution in [-0.2, 0) is 10.3 Å². The molecular weight excluding hydrogens is 200 g/mol. The number of benzene rings is 1. The van der Waals surface area contributed by atoms with Gasteiger partial charge in [0.25, 0.3) is 0 Å². The van der Waals surface area contributed by atoms with E-state index in [9.17, 15) is 5.11 Å². The van der Waals surface area contributed by atoms with Crippen molar-refractivity contribution in [2.75, 3.05) is 6.61 Å². The van der Waals surface area contributed by atoms with E-state index in [4.69, 9.17) is 4.74 Å². The first kappa shape index (κ1) is 11.6. The van der Waals surface area contributed by atoms with Crippen LogP contribution in [0, 0.1) is 5.41 Å². The first-order valence-electron chi connectivity index (χ1n) is 5.74. The van der Waals surface area contributed by atoms with Gasteiger partial charge < -0.3 is 9.84 Å². The van der Waals surface area contributed by atoms with Crippen molar-refractivity contribution in [2.24, 2.45) is 5.41 Å². The van der Waals surface area contributed by atoms with E-state index in [1.807, 2.05) is 30.3 Å². The molecule has 0 aliphatic carbocycles. The molecule has 16 heavy (non-hydrogen) atoms. The van der Waals surface area contributed by atoms with E-state index >= 15 is 0 Å². The zero-order valence-corrected chi connectivity index (χ0v) is 10.4. The lowest BCUT2D eigenvalue weighted by molar-refractivity contribution is -0.373. The Morgan fingerprint density at radius 3 is 2.00 bits per heavy atom. The fraction of sp³-hybridized carbons (Fsp3) is 0.571. The third-order valence-corrected chi connectivity index (χ3v) is 4.41. The summed E-state index contributed by atoms with van der Waals surface area (Å²) in [5, 5.41) is 9.73. The van der Waals surface area contributed by atoms with Gasteiger partial charge >= 0.3 is 0 Å². The Labute approximate surface area is 97.3 Å². The first-order chi connectivity index (χ1) is 7.37. The van der Waals surface area contributed by atoms with Crippen LogP contribution in [0.4, 0.5) is 0 Å². The molecule has 1 aromatic rings. The van der Waals surface area contributed by atoms with Crippen LogP contribution < -0.4 is 0 Å².